The van der Waals surface area contributed by atoms with E-state index in [9.17, 15) is 9.59 Å². The van der Waals surface area contributed by atoms with Crippen LogP contribution in [0.1, 0.15) is 41.9 Å². The first-order chi connectivity index (χ1) is 15.0. The molecule has 2 bridgehead atoms. The van der Waals surface area contributed by atoms with E-state index in [2.05, 4.69) is 14.8 Å². The van der Waals surface area contributed by atoms with Crippen LogP contribution in [0.2, 0.25) is 0 Å². The molecule has 4 N–H and O–H groups in total. The highest BCUT2D eigenvalue weighted by atomic mass is 16.4. The number of imidazole rings is 1. The molecule has 1 aromatic heterocycles. The van der Waals surface area contributed by atoms with Crippen molar-refractivity contribution in [2.24, 2.45) is 11.7 Å². The average Bonchev–Trinajstić information content (AvgIpc) is 3.31. The Morgan fingerprint density at radius 2 is 2.03 bits per heavy atom. The maximum Gasteiger partial charge on any atom is 0.407 e. The fourth-order valence-corrected chi connectivity index (χ4v) is 5.84. The van der Waals surface area contributed by atoms with Crippen LogP contribution in [0, 0.1) is 5.92 Å². The minimum atomic E-state index is -0.827. The number of nitrogens with two attached hydrogens (primary N) is 1. The van der Waals surface area contributed by atoms with Crippen molar-refractivity contribution >= 4 is 23.0 Å². The van der Waals surface area contributed by atoms with Crippen LogP contribution in [0.25, 0.3) is 11.0 Å². The summed E-state index contributed by atoms with van der Waals surface area (Å²) in [5, 5.41) is 9.16. The number of nitrogens with one attached hydrogen (secondary N) is 1. The van der Waals surface area contributed by atoms with E-state index < -0.39 is 12.0 Å². The number of aromatic nitrogens is 2. The molecule has 3 aliphatic rings. The SMILES string of the molecule is NC(=O)c1cccc2[nH]c([C@@]34CCC[C@@H](CN3CCN3CCN(C(=O)O)CC3)C4)nc12. The zero-order chi connectivity index (χ0) is 21.6. The Balaban J connectivity index is 1.37. The van der Waals surface area contributed by atoms with Gasteiger partial charge in [-0.2, -0.15) is 0 Å². The number of fused-ring (bicyclic) bond motifs is 3. The summed E-state index contributed by atoms with van der Waals surface area (Å²) in [4.78, 5) is 37.9. The first kappa shape index (κ1) is 20.3. The summed E-state index contributed by atoms with van der Waals surface area (Å²) in [7, 11) is 0. The van der Waals surface area contributed by atoms with Gasteiger partial charge in [-0.15, -0.1) is 0 Å². The number of primary amides is 1. The molecule has 9 nitrogen and oxygen atoms in total. The minimum Gasteiger partial charge on any atom is -0.465 e. The van der Waals surface area contributed by atoms with Crippen molar-refractivity contribution in [3.05, 3.63) is 29.6 Å². The van der Waals surface area contributed by atoms with Gasteiger partial charge < -0.3 is 20.7 Å². The number of piperazine rings is 1. The fraction of sp³-hybridized carbons (Fsp3) is 0.591. The summed E-state index contributed by atoms with van der Waals surface area (Å²) in [6, 6.07) is 5.53. The van der Waals surface area contributed by atoms with Crippen LogP contribution in [-0.2, 0) is 5.54 Å². The molecule has 0 radical (unpaired) electrons. The number of hydrogen-bond acceptors (Lipinski definition) is 5. The van der Waals surface area contributed by atoms with E-state index in [1.165, 1.54) is 17.7 Å². The van der Waals surface area contributed by atoms with Crippen LogP contribution < -0.4 is 5.73 Å². The number of likely N-dealkylation sites (tertiary alicyclic amines) is 1. The van der Waals surface area contributed by atoms with Gasteiger partial charge in [0.15, 0.2) is 0 Å². The molecule has 0 spiro atoms. The lowest BCUT2D eigenvalue weighted by Gasteiger charge is -2.40. The molecule has 1 saturated carbocycles. The highest BCUT2D eigenvalue weighted by Crippen LogP contribution is 2.49. The number of para-hydroxylation sites is 1. The number of H-pyrrole nitrogens is 1. The highest BCUT2D eigenvalue weighted by molar-refractivity contribution is 6.04. The highest BCUT2D eigenvalue weighted by Gasteiger charge is 2.50. The number of nitrogens with zero attached hydrogens (tertiary/aromatic N) is 4. The van der Waals surface area contributed by atoms with Crippen LogP contribution in [0.4, 0.5) is 4.79 Å². The maximum absolute atomic E-state index is 11.9. The van der Waals surface area contributed by atoms with E-state index in [0.717, 1.165) is 56.9 Å². The first-order valence-corrected chi connectivity index (χ1v) is 11.2. The van der Waals surface area contributed by atoms with Crippen molar-refractivity contribution in [2.75, 3.05) is 45.8 Å². The molecule has 2 atom stereocenters. The predicted molar refractivity (Wildman–Crippen MR) is 116 cm³/mol. The number of carbonyl (C=O) groups excluding carboxylic acids is 1. The fourth-order valence-electron chi connectivity index (χ4n) is 5.84. The Labute approximate surface area is 181 Å². The molecule has 2 aromatic rings. The Hall–Kier alpha value is -2.65. The van der Waals surface area contributed by atoms with Gasteiger partial charge in [0, 0.05) is 45.8 Å². The molecule has 0 unspecified atom stereocenters. The molecule has 166 valence electrons. The third kappa shape index (κ3) is 3.55. The maximum atomic E-state index is 11.9. The normalized spacial score (nSPS) is 27.1. The number of amides is 2. The number of carbonyl (C=O) groups is 2. The predicted octanol–water partition coefficient (Wildman–Crippen LogP) is 1.66. The number of rotatable bonds is 5. The zero-order valence-electron chi connectivity index (χ0n) is 17.7. The van der Waals surface area contributed by atoms with E-state index in [1.807, 2.05) is 12.1 Å². The third-order valence-electron chi connectivity index (χ3n) is 7.46. The van der Waals surface area contributed by atoms with Crippen molar-refractivity contribution < 1.29 is 14.7 Å². The minimum absolute atomic E-state index is 0.125. The summed E-state index contributed by atoms with van der Waals surface area (Å²) in [5.74, 6) is 1.17. The molecule has 9 heteroatoms. The molecule has 1 aliphatic carbocycles. The second-order valence-electron chi connectivity index (χ2n) is 9.20. The zero-order valence-corrected chi connectivity index (χ0v) is 17.7. The topological polar surface area (TPSA) is 119 Å². The third-order valence-corrected chi connectivity index (χ3v) is 7.46. The van der Waals surface area contributed by atoms with Crippen LogP contribution in [-0.4, -0.2) is 87.6 Å². The Kier molecular flexibility index (Phi) is 5.10. The molecule has 2 aliphatic heterocycles. The van der Waals surface area contributed by atoms with E-state index in [4.69, 9.17) is 15.8 Å². The molecule has 3 heterocycles. The summed E-state index contributed by atoms with van der Waals surface area (Å²) < 4.78 is 0. The average molecular weight is 427 g/mol. The summed E-state index contributed by atoms with van der Waals surface area (Å²) in [6.45, 7) is 5.63. The van der Waals surface area contributed by atoms with Crippen molar-refractivity contribution in [3.63, 3.8) is 0 Å². The molecular formula is C22H30N6O3. The smallest absolute Gasteiger partial charge is 0.407 e. The molecule has 5 rings (SSSR count). The summed E-state index contributed by atoms with van der Waals surface area (Å²) >= 11 is 0. The van der Waals surface area contributed by atoms with Gasteiger partial charge in [0.25, 0.3) is 5.91 Å². The van der Waals surface area contributed by atoms with Gasteiger partial charge >= 0.3 is 6.09 Å². The van der Waals surface area contributed by atoms with Gasteiger partial charge in [-0.25, -0.2) is 9.78 Å². The van der Waals surface area contributed by atoms with Crippen LogP contribution in [0.15, 0.2) is 18.2 Å². The molecule has 1 aromatic carbocycles. The Morgan fingerprint density at radius 3 is 2.77 bits per heavy atom. The molecule has 2 amide bonds. The lowest BCUT2D eigenvalue weighted by Crippen LogP contribution is -2.51. The number of benzene rings is 1. The van der Waals surface area contributed by atoms with Crippen LogP contribution in [0.5, 0.6) is 0 Å². The second-order valence-corrected chi connectivity index (χ2v) is 9.20. The number of carboxylic acid groups (broad SMARTS) is 1. The van der Waals surface area contributed by atoms with Crippen molar-refractivity contribution in [1.82, 2.24) is 24.7 Å². The quantitative estimate of drug-likeness (QED) is 0.669. The van der Waals surface area contributed by atoms with E-state index in [0.29, 0.717) is 30.1 Å². The molecular weight excluding hydrogens is 396 g/mol. The van der Waals surface area contributed by atoms with Gasteiger partial charge in [0.1, 0.15) is 11.3 Å². The van der Waals surface area contributed by atoms with Gasteiger partial charge in [-0.1, -0.05) is 12.5 Å². The second kappa shape index (κ2) is 7.80. The largest absolute Gasteiger partial charge is 0.465 e. The van der Waals surface area contributed by atoms with Crippen LogP contribution >= 0.6 is 0 Å². The Morgan fingerprint density at radius 1 is 1.23 bits per heavy atom. The number of aromatic amines is 1. The monoisotopic (exact) mass is 426 g/mol. The lowest BCUT2D eigenvalue weighted by molar-refractivity contribution is 0.0753. The Bertz CT molecular complexity index is 998. The molecule has 2 saturated heterocycles. The molecule has 3 fully saturated rings. The standard InChI is InChI=1S/C22H30N6O3/c23-19(29)16-4-1-5-17-18(16)25-20(24-17)22-6-2-3-15(13-22)14-28(22)12-9-26-7-10-27(11-8-26)21(30)31/h1,4-5,15H,2-3,6-14H2,(H2,23,29)(H,24,25)(H,30,31)/t15-,22+/m1/s1. The van der Waals surface area contributed by atoms with E-state index in [-0.39, 0.29) is 5.54 Å². The van der Waals surface area contributed by atoms with Crippen LogP contribution in [0.3, 0.4) is 0 Å². The van der Waals surface area contributed by atoms with Gasteiger partial charge in [-0.05, 0) is 37.3 Å². The first-order valence-electron chi connectivity index (χ1n) is 11.2. The number of hydrogen-bond donors (Lipinski definition) is 3. The van der Waals surface area contributed by atoms with Crippen molar-refractivity contribution in [1.29, 1.82) is 0 Å². The van der Waals surface area contributed by atoms with E-state index in [1.54, 1.807) is 6.07 Å². The van der Waals surface area contributed by atoms with Gasteiger partial charge in [0.05, 0.1) is 16.6 Å². The summed E-state index contributed by atoms with van der Waals surface area (Å²) in [6.07, 6.45) is 3.75. The van der Waals surface area contributed by atoms with E-state index >= 15 is 0 Å². The van der Waals surface area contributed by atoms with Gasteiger partial charge in [0.2, 0.25) is 0 Å². The molecule has 31 heavy (non-hydrogen) atoms. The van der Waals surface area contributed by atoms with Crippen molar-refractivity contribution in [2.45, 2.75) is 31.2 Å². The van der Waals surface area contributed by atoms with Gasteiger partial charge in [-0.3, -0.25) is 14.6 Å². The van der Waals surface area contributed by atoms with Crippen molar-refractivity contribution in [3.8, 4) is 0 Å². The lowest BCUT2D eigenvalue weighted by atomic mass is 9.79. The summed E-state index contributed by atoms with van der Waals surface area (Å²) in [5.41, 5.74) is 7.44.